The third-order valence-corrected chi connectivity index (χ3v) is 5.01. The molecule has 32 heavy (non-hydrogen) atoms. The number of nitrogens with two attached hydrogens (primary N) is 1. The van der Waals surface area contributed by atoms with Gasteiger partial charge in [-0.05, 0) is 25.1 Å². The Labute approximate surface area is 181 Å². The van der Waals surface area contributed by atoms with E-state index in [4.69, 9.17) is 9.88 Å². The van der Waals surface area contributed by atoms with Gasteiger partial charge in [0.1, 0.15) is 16.8 Å². The highest BCUT2D eigenvalue weighted by Crippen LogP contribution is 2.34. The first kappa shape index (κ1) is 25.2. The number of amides is 1. The number of alkyl halides is 3. The molecule has 2 rings (SSSR count). The van der Waals surface area contributed by atoms with Gasteiger partial charge in [0.25, 0.3) is 5.91 Å². The van der Waals surface area contributed by atoms with Crippen LogP contribution in [0.3, 0.4) is 0 Å². The van der Waals surface area contributed by atoms with Gasteiger partial charge in [-0.3, -0.25) is 4.79 Å². The zero-order valence-electron chi connectivity index (χ0n) is 16.8. The van der Waals surface area contributed by atoms with Gasteiger partial charge in [0.2, 0.25) is 10.0 Å². The van der Waals surface area contributed by atoms with Crippen molar-refractivity contribution >= 4 is 21.6 Å². The molecule has 0 unspecified atom stereocenters. The van der Waals surface area contributed by atoms with Crippen LogP contribution in [0.4, 0.5) is 23.2 Å². The summed E-state index contributed by atoms with van der Waals surface area (Å²) in [7, 11) is -3.06. The fourth-order valence-corrected chi connectivity index (χ4v) is 3.42. The number of primary sulfonamides is 1. The number of benzene rings is 1. The van der Waals surface area contributed by atoms with Crippen LogP contribution in [0.2, 0.25) is 0 Å². The number of hydrogen-bond donors (Lipinski definition) is 3. The van der Waals surface area contributed by atoms with Gasteiger partial charge in [-0.25, -0.2) is 17.9 Å². The van der Waals surface area contributed by atoms with Gasteiger partial charge in [-0.1, -0.05) is 5.92 Å². The number of carbonyl (C=O) groups is 1. The molecular weight excluding hydrogens is 458 g/mol. The lowest BCUT2D eigenvalue weighted by Crippen LogP contribution is -2.19. The Bertz CT molecular complexity index is 1180. The van der Waals surface area contributed by atoms with Crippen LogP contribution in [-0.2, 0) is 23.2 Å². The number of hydrogen-bond acceptors (Lipinski definition) is 5. The monoisotopic (exact) mass is 477 g/mol. The third kappa shape index (κ3) is 6.00. The molecule has 0 aliphatic heterocycles. The Morgan fingerprint density at radius 3 is 2.59 bits per heavy atom. The lowest BCUT2D eigenvalue weighted by atomic mass is 10.1. The van der Waals surface area contributed by atoms with Crippen molar-refractivity contribution in [3.05, 3.63) is 41.5 Å². The molecule has 8 nitrogen and oxygen atoms in total. The standard InChI is InChI=1S/C19H19F4N3O5S/c1-3-4-12(27)7-8-31-17-15(32(24,29)30)10-26(2)16(17)18(28)25-11-5-6-14(20)13(9-11)19(21,22)23/h5-6,9-10,12,27H,7-8H2,1-2H3,(H,25,28)(H2,24,29,30)/t12-/m0/s1. The maximum atomic E-state index is 13.5. The molecule has 13 heteroatoms. The van der Waals surface area contributed by atoms with Crippen molar-refractivity contribution in [1.29, 1.82) is 0 Å². The third-order valence-electron chi connectivity index (χ3n) is 4.10. The van der Waals surface area contributed by atoms with Crippen molar-refractivity contribution < 1.29 is 40.6 Å². The van der Waals surface area contributed by atoms with Crippen molar-refractivity contribution in [1.82, 2.24) is 4.57 Å². The van der Waals surface area contributed by atoms with Crippen LogP contribution in [0.5, 0.6) is 5.75 Å². The quantitative estimate of drug-likeness (QED) is 0.417. The van der Waals surface area contributed by atoms with E-state index in [-0.39, 0.29) is 24.4 Å². The van der Waals surface area contributed by atoms with E-state index < -0.39 is 50.2 Å². The van der Waals surface area contributed by atoms with E-state index in [2.05, 4.69) is 17.2 Å². The van der Waals surface area contributed by atoms with Crippen molar-refractivity contribution in [2.24, 2.45) is 12.2 Å². The topological polar surface area (TPSA) is 124 Å². The number of aliphatic hydroxyl groups excluding tert-OH is 1. The summed E-state index contributed by atoms with van der Waals surface area (Å²) in [6.45, 7) is 1.25. The van der Waals surface area contributed by atoms with E-state index in [1.165, 1.54) is 14.0 Å². The van der Waals surface area contributed by atoms with E-state index in [0.717, 1.165) is 16.8 Å². The second kappa shape index (κ2) is 9.60. The van der Waals surface area contributed by atoms with Crippen molar-refractivity contribution in [3.8, 4) is 17.6 Å². The summed E-state index contributed by atoms with van der Waals surface area (Å²) in [5, 5.41) is 17.0. The van der Waals surface area contributed by atoms with E-state index in [1.54, 1.807) is 0 Å². The van der Waals surface area contributed by atoms with E-state index in [9.17, 15) is 35.9 Å². The first-order valence-corrected chi connectivity index (χ1v) is 10.4. The maximum absolute atomic E-state index is 13.5. The second-order valence-corrected chi connectivity index (χ2v) is 8.05. The summed E-state index contributed by atoms with van der Waals surface area (Å²) in [6, 6.07) is 1.84. The molecule has 0 aliphatic carbocycles. The van der Waals surface area contributed by atoms with Gasteiger partial charge in [-0.2, -0.15) is 13.2 Å². The first-order chi connectivity index (χ1) is 14.8. The number of ether oxygens (including phenoxy) is 1. The molecule has 2 aromatic rings. The molecule has 1 aromatic carbocycles. The predicted octanol–water partition coefficient (Wildman–Crippen LogP) is 2.24. The average Bonchev–Trinajstić information content (AvgIpc) is 2.99. The molecule has 1 atom stereocenters. The van der Waals surface area contributed by atoms with E-state index in [0.29, 0.717) is 12.1 Å². The van der Waals surface area contributed by atoms with Crippen LogP contribution in [0.15, 0.2) is 29.3 Å². The number of nitrogens with zero attached hydrogens (tertiary/aromatic N) is 1. The summed E-state index contributed by atoms with van der Waals surface area (Å²) in [4.78, 5) is 12.2. The SMILES string of the molecule is CC#C[C@H](O)CCOc1c(S(N)(=O)=O)cn(C)c1C(=O)Nc1ccc(F)c(C(F)(F)F)c1. The molecule has 0 spiro atoms. The van der Waals surface area contributed by atoms with Gasteiger partial charge < -0.3 is 19.7 Å². The number of rotatable bonds is 7. The number of aliphatic hydroxyl groups is 1. The molecule has 1 aromatic heterocycles. The molecule has 1 amide bonds. The Kier molecular flexibility index (Phi) is 7.55. The van der Waals surface area contributed by atoms with Crippen LogP contribution in [0, 0.1) is 17.7 Å². The van der Waals surface area contributed by atoms with Gasteiger partial charge in [0.05, 0.1) is 12.2 Å². The van der Waals surface area contributed by atoms with Gasteiger partial charge in [-0.15, -0.1) is 5.92 Å². The Balaban J connectivity index is 2.40. The molecule has 0 radical (unpaired) electrons. The van der Waals surface area contributed by atoms with Crippen molar-refractivity contribution in [3.63, 3.8) is 0 Å². The zero-order valence-corrected chi connectivity index (χ0v) is 17.6. The molecule has 0 fully saturated rings. The minimum absolute atomic E-state index is 0.0340. The highest BCUT2D eigenvalue weighted by molar-refractivity contribution is 7.89. The number of anilines is 1. The van der Waals surface area contributed by atoms with Gasteiger partial charge in [0.15, 0.2) is 11.4 Å². The fourth-order valence-electron chi connectivity index (χ4n) is 2.70. The second-order valence-electron chi connectivity index (χ2n) is 6.52. The minimum atomic E-state index is -4.99. The van der Waals surface area contributed by atoms with E-state index in [1.807, 2.05) is 0 Å². The normalized spacial score (nSPS) is 12.6. The van der Waals surface area contributed by atoms with Gasteiger partial charge in [0, 0.05) is 25.4 Å². The lowest BCUT2D eigenvalue weighted by Gasteiger charge is -2.13. The van der Waals surface area contributed by atoms with Crippen LogP contribution in [0.1, 0.15) is 29.4 Å². The van der Waals surface area contributed by atoms with Crippen molar-refractivity contribution in [2.75, 3.05) is 11.9 Å². The van der Waals surface area contributed by atoms with E-state index >= 15 is 0 Å². The number of sulfonamides is 1. The number of carbonyl (C=O) groups excluding carboxylic acids is 1. The Morgan fingerprint density at radius 2 is 2.03 bits per heavy atom. The largest absolute Gasteiger partial charge is 0.490 e. The zero-order chi connectivity index (χ0) is 24.3. The van der Waals surface area contributed by atoms with Gasteiger partial charge >= 0.3 is 6.18 Å². The summed E-state index contributed by atoms with van der Waals surface area (Å²) < 4.78 is 82.5. The molecule has 1 heterocycles. The molecule has 4 N–H and O–H groups in total. The number of halogens is 4. The summed E-state index contributed by atoms with van der Waals surface area (Å²) >= 11 is 0. The molecule has 0 aliphatic rings. The lowest BCUT2D eigenvalue weighted by molar-refractivity contribution is -0.139. The molecular formula is C19H19F4N3O5S. The Hall–Kier alpha value is -3.08. The summed E-state index contributed by atoms with van der Waals surface area (Å²) in [5.41, 5.74) is -2.35. The molecule has 0 saturated heterocycles. The van der Waals surface area contributed by atoms with Crippen molar-refractivity contribution in [2.45, 2.75) is 30.5 Å². The number of nitrogens with one attached hydrogen (secondary N) is 1. The molecule has 0 saturated carbocycles. The predicted molar refractivity (Wildman–Crippen MR) is 106 cm³/mol. The van der Waals surface area contributed by atoms with Crippen LogP contribution in [0.25, 0.3) is 0 Å². The minimum Gasteiger partial charge on any atom is -0.490 e. The van der Waals surface area contributed by atoms with Crippen LogP contribution < -0.4 is 15.2 Å². The Morgan fingerprint density at radius 1 is 1.38 bits per heavy atom. The highest BCUT2D eigenvalue weighted by atomic mass is 32.2. The average molecular weight is 477 g/mol. The smallest absolute Gasteiger partial charge is 0.419 e. The molecule has 0 bridgehead atoms. The maximum Gasteiger partial charge on any atom is 0.419 e. The first-order valence-electron chi connectivity index (χ1n) is 8.89. The fraction of sp³-hybridized carbons (Fsp3) is 0.316. The summed E-state index contributed by atoms with van der Waals surface area (Å²) in [6.07, 6.45) is -5.10. The van der Waals surface area contributed by atoms with Crippen LogP contribution in [-0.4, -0.2) is 36.7 Å². The van der Waals surface area contributed by atoms with Crippen LogP contribution >= 0.6 is 0 Å². The summed E-state index contributed by atoms with van der Waals surface area (Å²) in [5.74, 6) is 1.92. The highest BCUT2D eigenvalue weighted by Gasteiger charge is 2.34. The number of aryl methyl sites for hydroxylation is 1. The molecule has 174 valence electrons. The number of aromatic nitrogens is 1.